The van der Waals surface area contributed by atoms with Gasteiger partial charge in [-0.15, -0.1) is 0 Å². The zero-order valence-corrected chi connectivity index (χ0v) is 20.0. The normalized spacial score (nSPS) is 17.0. The van der Waals surface area contributed by atoms with Crippen LogP contribution in [0.1, 0.15) is 12.5 Å². The standard InChI is InChI=1S/C22H21Cl2N3O5S/c1-31-17-5-2-14(3-6-17)19-11-21(27(26-19)16-8-9-33(29,30)13-16)25-22(28)12-32-20-7-4-15(23)10-18(20)24/h2-7,10-11,16H,8-9,12-13H2,1H3,(H,25,28). The van der Waals surface area contributed by atoms with Crippen molar-refractivity contribution in [2.75, 3.05) is 30.5 Å². The van der Waals surface area contributed by atoms with Crippen molar-refractivity contribution in [2.24, 2.45) is 0 Å². The molecule has 1 aromatic heterocycles. The Bertz CT molecular complexity index is 1280. The SMILES string of the molecule is COc1ccc(-c2cc(NC(=O)COc3ccc(Cl)cc3Cl)n(C3CCS(=O)(=O)C3)n2)cc1. The van der Waals surface area contributed by atoms with E-state index in [2.05, 4.69) is 10.4 Å². The number of carbonyl (C=O) groups excluding carboxylic acids is 1. The van der Waals surface area contributed by atoms with E-state index in [9.17, 15) is 13.2 Å². The smallest absolute Gasteiger partial charge is 0.263 e. The molecule has 3 aromatic rings. The molecule has 11 heteroatoms. The van der Waals surface area contributed by atoms with Crippen LogP contribution in [0.4, 0.5) is 5.82 Å². The van der Waals surface area contributed by atoms with Gasteiger partial charge in [0.05, 0.1) is 35.4 Å². The Hall–Kier alpha value is -2.75. The molecule has 1 aliphatic rings. The van der Waals surface area contributed by atoms with E-state index in [1.165, 1.54) is 6.07 Å². The van der Waals surface area contributed by atoms with Gasteiger partial charge in [0.2, 0.25) is 0 Å². The highest BCUT2D eigenvalue weighted by Crippen LogP contribution is 2.31. The summed E-state index contributed by atoms with van der Waals surface area (Å²) in [7, 11) is -1.57. The van der Waals surface area contributed by atoms with Crippen LogP contribution in [0.25, 0.3) is 11.3 Å². The predicted molar refractivity (Wildman–Crippen MR) is 127 cm³/mol. The Morgan fingerprint density at radius 3 is 2.58 bits per heavy atom. The monoisotopic (exact) mass is 509 g/mol. The van der Waals surface area contributed by atoms with E-state index in [0.29, 0.717) is 39.5 Å². The fraction of sp³-hybridized carbons (Fsp3) is 0.273. The lowest BCUT2D eigenvalue weighted by Gasteiger charge is -2.14. The van der Waals surface area contributed by atoms with Crippen molar-refractivity contribution in [3.63, 3.8) is 0 Å². The quantitative estimate of drug-likeness (QED) is 0.511. The molecule has 0 bridgehead atoms. The van der Waals surface area contributed by atoms with Gasteiger partial charge in [-0.3, -0.25) is 4.79 Å². The summed E-state index contributed by atoms with van der Waals surface area (Å²) in [4.78, 5) is 12.6. The first-order valence-corrected chi connectivity index (χ1v) is 12.6. The molecule has 33 heavy (non-hydrogen) atoms. The van der Waals surface area contributed by atoms with Gasteiger partial charge in [0.15, 0.2) is 16.4 Å². The van der Waals surface area contributed by atoms with Gasteiger partial charge in [-0.2, -0.15) is 5.10 Å². The number of anilines is 1. The van der Waals surface area contributed by atoms with Crippen molar-refractivity contribution in [3.05, 3.63) is 58.6 Å². The van der Waals surface area contributed by atoms with E-state index < -0.39 is 15.7 Å². The molecule has 0 radical (unpaired) electrons. The van der Waals surface area contributed by atoms with Gasteiger partial charge in [-0.05, 0) is 48.9 Å². The number of benzene rings is 2. The second kappa shape index (κ2) is 9.62. The third-order valence-electron chi connectivity index (χ3n) is 5.20. The van der Waals surface area contributed by atoms with Crippen molar-refractivity contribution >= 4 is 44.8 Å². The molecular weight excluding hydrogens is 489 g/mol. The minimum absolute atomic E-state index is 0.0313. The largest absolute Gasteiger partial charge is 0.497 e. The lowest BCUT2D eigenvalue weighted by molar-refractivity contribution is -0.118. The lowest BCUT2D eigenvalue weighted by Crippen LogP contribution is -2.23. The van der Waals surface area contributed by atoms with Crippen molar-refractivity contribution in [1.82, 2.24) is 9.78 Å². The molecule has 1 saturated heterocycles. The molecule has 2 aromatic carbocycles. The van der Waals surface area contributed by atoms with Gasteiger partial charge in [-0.1, -0.05) is 23.2 Å². The molecular formula is C22H21Cl2N3O5S. The van der Waals surface area contributed by atoms with Crippen LogP contribution in [0, 0.1) is 0 Å². The summed E-state index contributed by atoms with van der Waals surface area (Å²) in [6, 6.07) is 13.3. The summed E-state index contributed by atoms with van der Waals surface area (Å²) in [6.45, 7) is -0.298. The van der Waals surface area contributed by atoms with Crippen LogP contribution in [0.5, 0.6) is 11.5 Å². The van der Waals surface area contributed by atoms with E-state index in [-0.39, 0.29) is 24.2 Å². The van der Waals surface area contributed by atoms with E-state index in [4.69, 9.17) is 32.7 Å². The highest BCUT2D eigenvalue weighted by atomic mass is 35.5. The average molecular weight is 510 g/mol. The molecule has 4 rings (SSSR count). The number of hydrogen-bond acceptors (Lipinski definition) is 6. The minimum atomic E-state index is -3.15. The Balaban J connectivity index is 1.55. The van der Waals surface area contributed by atoms with Crippen molar-refractivity contribution < 1.29 is 22.7 Å². The van der Waals surface area contributed by atoms with Crippen LogP contribution in [0.2, 0.25) is 10.0 Å². The maximum Gasteiger partial charge on any atom is 0.263 e. The molecule has 0 spiro atoms. The third-order valence-corrected chi connectivity index (χ3v) is 7.48. The van der Waals surface area contributed by atoms with Crippen LogP contribution < -0.4 is 14.8 Å². The Kier molecular flexibility index (Phi) is 6.83. The number of methoxy groups -OCH3 is 1. The predicted octanol–water partition coefficient (Wildman–Crippen LogP) is 4.24. The van der Waals surface area contributed by atoms with E-state index >= 15 is 0 Å². The maximum atomic E-state index is 12.6. The van der Waals surface area contributed by atoms with Crippen LogP contribution in [0.15, 0.2) is 48.5 Å². The zero-order chi connectivity index (χ0) is 23.6. The maximum absolute atomic E-state index is 12.6. The molecule has 0 saturated carbocycles. The topological polar surface area (TPSA) is 99.5 Å². The average Bonchev–Trinajstić information content (AvgIpc) is 3.36. The summed E-state index contributed by atoms with van der Waals surface area (Å²) in [5.41, 5.74) is 1.40. The van der Waals surface area contributed by atoms with Crippen LogP contribution >= 0.6 is 23.2 Å². The number of carbonyl (C=O) groups is 1. The zero-order valence-electron chi connectivity index (χ0n) is 17.6. The fourth-order valence-corrected chi connectivity index (χ4v) is 5.71. The van der Waals surface area contributed by atoms with Crippen LogP contribution in [-0.2, 0) is 14.6 Å². The van der Waals surface area contributed by atoms with Gasteiger partial charge in [0.25, 0.3) is 5.91 Å². The number of ether oxygens (including phenoxy) is 2. The summed E-state index contributed by atoms with van der Waals surface area (Å²) >= 11 is 12.0. The summed E-state index contributed by atoms with van der Waals surface area (Å²) in [5, 5.41) is 8.12. The Labute approximate surface area is 201 Å². The molecule has 174 valence electrons. The van der Waals surface area contributed by atoms with E-state index in [1.807, 2.05) is 12.1 Å². The second-order valence-corrected chi connectivity index (χ2v) is 10.6. The van der Waals surface area contributed by atoms with E-state index in [1.54, 1.807) is 42.1 Å². The van der Waals surface area contributed by atoms with Gasteiger partial charge in [0.1, 0.15) is 17.3 Å². The molecule has 2 heterocycles. The second-order valence-electron chi connectivity index (χ2n) is 7.56. The first-order valence-electron chi connectivity index (χ1n) is 10.1. The summed E-state index contributed by atoms with van der Waals surface area (Å²) in [6.07, 6.45) is 0.422. The molecule has 1 aliphatic heterocycles. The van der Waals surface area contributed by atoms with E-state index in [0.717, 1.165) is 5.56 Å². The van der Waals surface area contributed by atoms with Gasteiger partial charge in [0, 0.05) is 16.7 Å². The summed E-state index contributed by atoms with van der Waals surface area (Å²) < 4.78 is 36.3. The summed E-state index contributed by atoms with van der Waals surface area (Å²) in [5.74, 6) is 1.03. The van der Waals surface area contributed by atoms with Gasteiger partial charge in [-0.25, -0.2) is 13.1 Å². The molecule has 8 nitrogen and oxygen atoms in total. The van der Waals surface area contributed by atoms with Gasteiger partial charge >= 0.3 is 0 Å². The van der Waals surface area contributed by atoms with Crippen molar-refractivity contribution in [2.45, 2.75) is 12.5 Å². The molecule has 0 aliphatic carbocycles. The highest BCUT2D eigenvalue weighted by molar-refractivity contribution is 7.91. The molecule has 1 amide bonds. The number of sulfone groups is 1. The number of hydrogen-bond donors (Lipinski definition) is 1. The first kappa shape index (κ1) is 23.4. The highest BCUT2D eigenvalue weighted by Gasteiger charge is 2.32. The fourth-order valence-electron chi connectivity index (χ4n) is 3.55. The number of amides is 1. The Morgan fingerprint density at radius 2 is 1.94 bits per heavy atom. The first-order chi connectivity index (χ1) is 15.7. The van der Waals surface area contributed by atoms with Crippen molar-refractivity contribution in [1.29, 1.82) is 0 Å². The number of rotatable bonds is 7. The Morgan fingerprint density at radius 1 is 1.18 bits per heavy atom. The molecule has 1 fully saturated rings. The molecule has 1 N–H and O–H groups in total. The third kappa shape index (κ3) is 5.61. The van der Waals surface area contributed by atoms with Gasteiger partial charge < -0.3 is 14.8 Å². The minimum Gasteiger partial charge on any atom is -0.497 e. The number of halogens is 2. The van der Waals surface area contributed by atoms with Crippen molar-refractivity contribution in [3.8, 4) is 22.8 Å². The van der Waals surface area contributed by atoms with Crippen LogP contribution in [-0.4, -0.2) is 49.3 Å². The lowest BCUT2D eigenvalue weighted by atomic mass is 10.1. The van der Waals surface area contributed by atoms with Crippen LogP contribution in [0.3, 0.4) is 0 Å². The number of aromatic nitrogens is 2. The number of nitrogens with zero attached hydrogens (tertiary/aromatic N) is 2. The number of nitrogens with one attached hydrogen (secondary N) is 1. The molecule has 1 atom stereocenters. The molecule has 1 unspecified atom stereocenters.